The van der Waals surface area contributed by atoms with E-state index in [0.717, 1.165) is 55.9 Å². The highest BCUT2D eigenvalue weighted by Crippen LogP contribution is 2.46. The van der Waals surface area contributed by atoms with Gasteiger partial charge in [0.25, 0.3) is 0 Å². The zero-order valence-corrected chi connectivity index (χ0v) is 29.3. The minimum atomic E-state index is -0.306. The van der Waals surface area contributed by atoms with Gasteiger partial charge in [0, 0.05) is 40.2 Å². The van der Waals surface area contributed by atoms with Crippen molar-refractivity contribution in [2.75, 3.05) is 4.90 Å². The lowest BCUT2D eigenvalue weighted by Gasteiger charge is -2.27. The Balaban J connectivity index is 1.50. The maximum absolute atomic E-state index is 12.0. The van der Waals surface area contributed by atoms with Gasteiger partial charge in [0.2, 0.25) is 5.71 Å². The quantitative estimate of drug-likeness (QED) is 0.199. The number of aryl methyl sites for hydroxylation is 2. The molecule has 4 aromatic heterocycles. The van der Waals surface area contributed by atoms with Crippen molar-refractivity contribution in [2.24, 2.45) is 0 Å². The number of phenolic OH excluding ortho intramolecular Hbond substituents is 1. The van der Waals surface area contributed by atoms with Gasteiger partial charge in [-0.25, -0.2) is 9.97 Å². The Morgan fingerprint density at radius 3 is 2.22 bits per heavy atom. The van der Waals surface area contributed by atoms with Crippen molar-refractivity contribution >= 4 is 39.3 Å². The molecule has 0 bridgehead atoms. The van der Waals surface area contributed by atoms with Gasteiger partial charge in [-0.05, 0) is 78.3 Å². The maximum atomic E-state index is 12.0. The highest BCUT2D eigenvalue weighted by molar-refractivity contribution is 6.11. The van der Waals surface area contributed by atoms with E-state index in [4.69, 9.17) is 19.4 Å². The van der Waals surface area contributed by atoms with E-state index < -0.39 is 0 Å². The number of nitrogens with zero attached hydrogens (tertiary/aromatic N) is 5. The van der Waals surface area contributed by atoms with Gasteiger partial charge in [0.15, 0.2) is 5.82 Å². The molecule has 7 heteroatoms. The number of para-hydroxylation sites is 1. The summed E-state index contributed by atoms with van der Waals surface area (Å²) in [5.74, 6) is 1.48. The second kappa shape index (κ2) is 11.8. The summed E-state index contributed by atoms with van der Waals surface area (Å²) in [7, 11) is 0. The number of aromatic hydroxyl groups is 1. The SMILES string of the molecule is Cc1ccnc(C)c1N(c1cccc(-c2nc(-c3cc(C(C)(C)C)cc(C(C)(C)C)c3O)c3c(n2)oc2ccccc23)c1)c1ccccn1. The Kier molecular flexibility index (Phi) is 7.74. The Bertz CT molecular complexity index is 2330. The molecule has 0 aliphatic carbocycles. The molecule has 0 fully saturated rings. The fraction of sp³-hybridized carbons (Fsp3) is 0.238. The first-order chi connectivity index (χ1) is 23.3. The molecule has 0 saturated heterocycles. The molecule has 0 atom stereocenters. The lowest BCUT2D eigenvalue weighted by Crippen LogP contribution is -2.17. The van der Waals surface area contributed by atoms with Crippen molar-refractivity contribution in [2.45, 2.75) is 66.2 Å². The molecule has 4 heterocycles. The van der Waals surface area contributed by atoms with Crippen molar-refractivity contribution < 1.29 is 9.52 Å². The van der Waals surface area contributed by atoms with E-state index >= 15 is 0 Å². The number of hydrogen-bond donors (Lipinski definition) is 1. The van der Waals surface area contributed by atoms with Crippen LogP contribution in [0.5, 0.6) is 5.75 Å². The van der Waals surface area contributed by atoms with Crippen molar-refractivity contribution in [3.05, 3.63) is 120 Å². The van der Waals surface area contributed by atoms with Gasteiger partial charge in [-0.2, -0.15) is 4.98 Å². The molecular weight excluding hydrogens is 606 g/mol. The van der Waals surface area contributed by atoms with Crippen LogP contribution in [-0.2, 0) is 10.8 Å². The van der Waals surface area contributed by atoms with Crippen molar-refractivity contribution in [3.8, 4) is 28.4 Å². The van der Waals surface area contributed by atoms with Crippen molar-refractivity contribution in [3.63, 3.8) is 0 Å². The number of phenols is 1. The number of hydrogen-bond acceptors (Lipinski definition) is 7. The largest absolute Gasteiger partial charge is 0.507 e. The van der Waals surface area contributed by atoms with Gasteiger partial charge in [-0.15, -0.1) is 0 Å². The number of rotatable bonds is 5. The Labute approximate surface area is 287 Å². The van der Waals surface area contributed by atoms with Gasteiger partial charge in [0.05, 0.1) is 22.5 Å². The van der Waals surface area contributed by atoms with Crippen LogP contribution in [0.1, 0.15) is 63.9 Å². The Hall–Kier alpha value is -5.56. The van der Waals surface area contributed by atoms with E-state index in [0.29, 0.717) is 28.4 Å². The van der Waals surface area contributed by atoms with Crippen LogP contribution < -0.4 is 4.90 Å². The number of furan rings is 1. The standard InChI is InChI=1S/C42H41N5O2/c1-25-19-21-43-26(2)37(25)47(34-18-11-12-20-44-34)29-15-13-14-27(22-29)39-45-36(35-30-16-9-10-17-33(30)49-40(35)46-39)31-23-28(41(3,4)5)24-32(38(31)48)42(6,7)8/h9-24,48H,1-8H3. The van der Waals surface area contributed by atoms with Crippen LogP contribution in [0, 0.1) is 13.8 Å². The molecule has 3 aromatic carbocycles. The van der Waals surface area contributed by atoms with E-state index in [-0.39, 0.29) is 16.6 Å². The van der Waals surface area contributed by atoms with Gasteiger partial charge >= 0.3 is 0 Å². The first-order valence-corrected chi connectivity index (χ1v) is 16.6. The van der Waals surface area contributed by atoms with Crippen LogP contribution in [0.15, 0.2) is 102 Å². The summed E-state index contributed by atoms with van der Waals surface area (Å²) in [6.07, 6.45) is 3.62. The summed E-state index contributed by atoms with van der Waals surface area (Å²) in [4.78, 5) is 21.8. The summed E-state index contributed by atoms with van der Waals surface area (Å²) in [5.41, 5.74) is 8.59. The van der Waals surface area contributed by atoms with Crippen LogP contribution in [0.2, 0.25) is 0 Å². The predicted molar refractivity (Wildman–Crippen MR) is 199 cm³/mol. The van der Waals surface area contributed by atoms with E-state index in [1.807, 2.05) is 73.8 Å². The maximum Gasteiger partial charge on any atom is 0.231 e. The lowest BCUT2D eigenvalue weighted by molar-refractivity contribution is 0.446. The molecule has 0 unspecified atom stereocenters. The highest BCUT2D eigenvalue weighted by Gasteiger charge is 2.28. The average Bonchev–Trinajstić information content (AvgIpc) is 3.44. The molecule has 0 aliphatic heterocycles. The summed E-state index contributed by atoms with van der Waals surface area (Å²) in [5, 5.41) is 13.7. The lowest BCUT2D eigenvalue weighted by atomic mass is 9.78. The number of benzene rings is 3. The summed E-state index contributed by atoms with van der Waals surface area (Å²) >= 11 is 0. The summed E-state index contributed by atoms with van der Waals surface area (Å²) in [6, 6.07) is 28.1. The number of anilines is 3. The molecule has 0 spiro atoms. The van der Waals surface area contributed by atoms with E-state index in [1.165, 1.54) is 0 Å². The number of aromatic nitrogens is 4. The van der Waals surface area contributed by atoms with Gasteiger partial charge in [-0.1, -0.05) is 84.0 Å². The molecule has 0 amide bonds. The third-order valence-electron chi connectivity index (χ3n) is 9.05. The van der Waals surface area contributed by atoms with Crippen LogP contribution in [0.4, 0.5) is 17.2 Å². The van der Waals surface area contributed by atoms with Crippen molar-refractivity contribution in [1.29, 1.82) is 0 Å². The number of pyridine rings is 2. The normalized spacial score (nSPS) is 12.2. The van der Waals surface area contributed by atoms with Crippen LogP contribution >= 0.6 is 0 Å². The molecule has 0 aliphatic rings. The molecule has 246 valence electrons. The van der Waals surface area contributed by atoms with E-state index in [9.17, 15) is 5.11 Å². The first-order valence-electron chi connectivity index (χ1n) is 16.6. The monoisotopic (exact) mass is 647 g/mol. The first kappa shape index (κ1) is 32.0. The molecule has 7 nitrogen and oxygen atoms in total. The van der Waals surface area contributed by atoms with Gasteiger partial charge in [-0.3, -0.25) is 9.88 Å². The molecule has 49 heavy (non-hydrogen) atoms. The van der Waals surface area contributed by atoms with E-state index in [1.54, 1.807) is 6.20 Å². The van der Waals surface area contributed by atoms with Crippen LogP contribution in [0.3, 0.4) is 0 Å². The summed E-state index contributed by atoms with van der Waals surface area (Å²) in [6.45, 7) is 17.0. The molecule has 0 saturated carbocycles. The average molecular weight is 648 g/mol. The Morgan fingerprint density at radius 2 is 1.51 bits per heavy atom. The predicted octanol–water partition coefficient (Wildman–Crippen LogP) is 10.9. The molecule has 7 rings (SSSR count). The van der Waals surface area contributed by atoms with E-state index in [2.05, 4.69) is 82.6 Å². The summed E-state index contributed by atoms with van der Waals surface area (Å²) < 4.78 is 6.40. The minimum absolute atomic E-state index is 0.165. The molecular formula is C42H41N5O2. The fourth-order valence-corrected chi connectivity index (χ4v) is 6.44. The molecule has 0 radical (unpaired) electrons. The third kappa shape index (κ3) is 5.79. The topological polar surface area (TPSA) is 88.2 Å². The van der Waals surface area contributed by atoms with Crippen LogP contribution in [0.25, 0.3) is 44.7 Å². The molecule has 7 aromatic rings. The molecule has 1 N–H and O–H groups in total. The number of fused-ring (bicyclic) bond motifs is 3. The minimum Gasteiger partial charge on any atom is -0.507 e. The van der Waals surface area contributed by atoms with Crippen molar-refractivity contribution in [1.82, 2.24) is 19.9 Å². The Morgan fingerprint density at radius 1 is 0.735 bits per heavy atom. The van der Waals surface area contributed by atoms with Crippen LogP contribution in [-0.4, -0.2) is 25.0 Å². The van der Waals surface area contributed by atoms with Gasteiger partial charge < -0.3 is 9.52 Å². The second-order valence-electron chi connectivity index (χ2n) is 14.7. The zero-order chi connectivity index (χ0) is 34.7. The fourth-order valence-electron chi connectivity index (χ4n) is 6.44. The van der Waals surface area contributed by atoms with Gasteiger partial charge in [0.1, 0.15) is 17.2 Å². The smallest absolute Gasteiger partial charge is 0.231 e. The third-order valence-corrected chi connectivity index (χ3v) is 9.05. The highest BCUT2D eigenvalue weighted by atomic mass is 16.3. The zero-order valence-electron chi connectivity index (χ0n) is 29.3. The second-order valence-corrected chi connectivity index (χ2v) is 14.7.